The Balaban J connectivity index is 1.45. The van der Waals surface area contributed by atoms with E-state index < -0.39 is 10.9 Å². The van der Waals surface area contributed by atoms with E-state index in [0.717, 1.165) is 40.0 Å². The maximum absolute atomic E-state index is 14.7. The molecule has 2 nitrogen and oxygen atoms in total. The van der Waals surface area contributed by atoms with Crippen LogP contribution in [0.3, 0.4) is 0 Å². The molecule has 2 atom stereocenters. The minimum atomic E-state index is -1.02. The van der Waals surface area contributed by atoms with E-state index >= 15 is 0 Å². The Bertz CT molecular complexity index is 1340. The van der Waals surface area contributed by atoms with Crippen molar-refractivity contribution in [2.45, 2.75) is 49.5 Å². The summed E-state index contributed by atoms with van der Waals surface area (Å²) in [4.78, 5) is 14.7. The molecule has 4 fully saturated rings. The third kappa shape index (κ3) is 2.60. The van der Waals surface area contributed by atoms with Gasteiger partial charge in [-0.15, -0.1) is 0 Å². The minimum absolute atomic E-state index is 0.0976. The van der Waals surface area contributed by atoms with Crippen LogP contribution in [0.2, 0.25) is 0 Å². The first-order valence-electron chi connectivity index (χ1n) is 13.2. The Labute approximate surface area is 208 Å². The van der Waals surface area contributed by atoms with Crippen LogP contribution < -0.4 is 0 Å². The van der Waals surface area contributed by atoms with Crippen LogP contribution in [0.5, 0.6) is 0 Å². The van der Waals surface area contributed by atoms with E-state index in [0.29, 0.717) is 0 Å². The van der Waals surface area contributed by atoms with E-state index in [-0.39, 0.29) is 11.2 Å². The second kappa shape index (κ2) is 7.02. The summed E-state index contributed by atoms with van der Waals surface area (Å²) in [5.74, 6) is 2.56. The molecule has 0 amide bonds. The van der Waals surface area contributed by atoms with Crippen molar-refractivity contribution in [1.82, 2.24) is 0 Å². The number of ether oxygens (including phenoxy) is 1. The summed E-state index contributed by atoms with van der Waals surface area (Å²) >= 11 is 0. The number of carbonyl (C=O) groups excluding carboxylic acids is 1. The Morgan fingerprint density at radius 3 is 1.86 bits per heavy atom. The number of carbonyl (C=O) groups is 1. The van der Waals surface area contributed by atoms with Crippen molar-refractivity contribution in [3.05, 3.63) is 107 Å². The summed E-state index contributed by atoms with van der Waals surface area (Å²) in [5, 5.41) is 0.709. The quantitative estimate of drug-likeness (QED) is 0.370. The van der Waals surface area contributed by atoms with Gasteiger partial charge in [-0.05, 0) is 67.4 Å². The molecule has 0 unspecified atom stereocenters. The number of rotatable bonds is 3. The molecule has 3 aromatic carbocycles. The van der Waals surface area contributed by atoms with E-state index in [1.807, 2.05) is 18.2 Å². The number of Topliss-reactive ketones (excluding diaryl/α,β-unsaturated/α-hetero) is 1. The fraction of sp³-hybridized carbons (Fsp3) is 0.375. The topological polar surface area (TPSA) is 26.3 Å². The summed E-state index contributed by atoms with van der Waals surface area (Å²) in [7, 11) is 1.17. The molecule has 35 heavy (non-hydrogen) atoms. The molecular formula is C32H29O2P. The molecule has 4 saturated carbocycles. The molecular weight excluding hydrogens is 447 g/mol. The lowest BCUT2D eigenvalue weighted by Crippen LogP contribution is -2.58. The molecule has 0 N–H and O–H groups in total. The van der Waals surface area contributed by atoms with Crippen molar-refractivity contribution >= 4 is 19.3 Å². The molecule has 174 valence electrons. The van der Waals surface area contributed by atoms with Crippen LogP contribution in [0.15, 0.2) is 84.9 Å². The van der Waals surface area contributed by atoms with Crippen molar-refractivity contribution in [2.75, 3.05) is 0 Å². The molecule has 0 saturated heterocycles. The molecule has 0 aromatic heterocycles. The molecule has 4 aliphatic carbocycles. The molecule has 2 aliphatic heterocycles. The third-order valence-electron chi connectivity index (χ3n) is 9.65. The van der Waals surface area contributed by atoms with Crippen LogP contribution in [0, 0.1) is 23.2 Å². The first kappa shape index (κ1) is 20.6. The molecule has 3 aromatic rings. The smallest absolute Gasteiger partial charge is 0.204 e. The molecule has 0 spiro atoms. The second-order valence-corrected chi connectivity index (χ2v) is 13.0. The van der Waals surface area contributed by atoms with Gasteiger partial charge in [-0.2, -0.15) is 0 Å². The van der Waals surface area contributed by atoms with Crippen LogP contribution in [-0.2, 0) is 15.7 Å². The lowest BCUT2D eigenvalue weighted by molar-refractivity contribution is -0.0586. The van der Waals surface area contributed by atoms with Crippen molar-refractivity contribution in [3.63, 3.8) is 0 Å². The maximum Gasteiger partial charge on any atom is 0.204 e. The number of benzene rings is 3. The van der Waals surface area contributed by atoms with Crippen molar-refractivity contribution < 1.29 is 9.53 Å². The number of hydrogen-bond donors (Lipinski definition) is 0. The first-order chi connectivity index (χ1) is 17.1. The highest BCUT2D eigenvalue weighted by Crippen LogP contribution is 2.69. The second-order valence-electron chi connectivity index (χ2n) is 11.7. The molecule has 9 rings (SSSR count). The highest BCUT2D eigenvalue weighted by atomic mass is 31.1. The summed E-state index contributed by atoms with van der Waals surface area (Å²) in [5.41, 5.74) is 3.11. The largest absolute Gasteiger partial charge is 0.333 e. The standard InChI is InChI=1S/C32H29O2P/c33-28-26-13-7-8-14-27(26)32(25-11-5-2-6-12-25)34-31(28,24-9-3-1-4-10-24)29(35-32)30-18-21-15-22(19-30)17-23(16-21)20-30/h1-14,21-23H,15-20H2/t21?,22?,23?,30?,31-,32-/m0/s1. The zero-order chi connectivity index (χ0) is 23.3. The average molecular weight is 477 g/mol. The van der Waals surface area contributed by atoms with Crippen molar-refractivity contribution in [2.24, 2.45) is 23.2 Å². The van der Waals surface area contributed by atoms with Gasteiger partial charge in [0.05, 0.1) is 0 Å². The van der Waals surface area contributed by atoms with E-state index in [4.69, 9.17) is 4.74 Å². The van der Waals surface area contributed by atoms with Gasteiger partial charge in [0.25, 0.3) is 0 Å². The Hall–Kier alpha value is -2.54. The summed E-state index contributed by atoms with van der Waals surface area (Å²) in [6.07, 6.45) is 7.86. The fourth-order valence-corrected chi connectivity index (χ4v) is 10.8. The lowest BCUT2D eigenvalue weighted by atomic mass is 9.47. The van der Waals surface area contributed by atoms with Crippen LogP contribution in [0.25, 0.3) is 0 Å². The molecule has 0 radical (unpaired) electrons. The van der Waals surface area contributed by atoms with Gasteiger partial charge in [-0.25, -0.2) is 0 Å². The van der Waals surface area contributed by atoms with Gasteiger partial charge in [0, 0.05) is 21.8 Å². The molecule has 6 bridgehead atoms. The van der Waals surface area contributed by atoms with Gasteiger partial charge in [0.2, 0.25) is 5.78 Å². The van der Waals surface area contributed by atoms with Gasteiger partial charge < -0.3 is 4.74 Å². The molecule has 3 heteroatoms. The van der Waals surface area contributed by atoms with Crippen molar-refractivity contribution in [3.8, 4) is 0 Å². The summed E-state index contributed by atoms with van der Waals surface area (Å²) in [6.45, 7) is 0. The highest BCUT2D eigenvalue weighted by molar-refractivity contribution is 7.43. The van der Waals surface area contributed by atoms with Gasteiger partial charge in [0.1, 0.15) is 0 Å². The number of hydrogen-bond acceptors (Lipinski definition) is 2. The monoisotopic (exact) mass is 476 g/mol. The van der Waals surface area contributed by atoms with Crippen LogP contribution in [0.1, 0.15) is 65.6 Å². The third-order valence-corrected chi connectivity index (χ3v) is 11.6. The van der Waals surface area contributed by atoms with Crippen molar-refractivity contribution in [1.29, 1.82) is 0 Å². The van der Waals surface area contributed by atoms with Gasteiger partial charge in [-0.3, -0.25) is 4.79 Å². The zero-order valence-electron chi connectivity index (χ0n) is 19.8. The molecule has 2 heterocycles. The maximum atomic E-state index is 14.7. The van der Waals surface area contributed by atoms with Crippen LogP contribution in [0.4, 0.5) is 0 Å². The zero-order valence-corrected chi connectivity index (χ0v) is 20.7. The fourth-order valence-electron chi connectivity index (χ4n) is 8.80. The van der Waals surface area contributed by atoms with E-state index in [9.17, 15) is 4.79 Å². The molecule has 6 aliphatic rings. The minimum Gasteiger partial charge on any atom is -0.333 e. The van der Waals surface area contributed by atoms with E-state index in [1.54, 1.807) is 0 Å². The van der Waals surface area contributed by atoms with Crippen LogP contribution in [-0.4, -0.2) is 11.1 Å². The predicted molar refractivity (Wildman–Crippen MR) is 140 cm³/mol. The van der Waals surface area contributed by atoms with E-state index in [1.165, 1.54) is 52.0 Å². The summed E-state index contributed by atoms with van der Waals surface area (Å²) in [6, 6.07) is 29.3. The lowest BCUT2D eigenvalue weighted by Gasteiger charge is -2.59. The van der Waals surface area contributed by atoms with Gasteiger partial charge in [0.15, 0.2) is 10.9 Å². The average Bonchev–Trinajstić information content (AvgIpc) is 3.24. The Morgan fingerprint density at radius 2 is 1.23 bits per heavy atom. The SMILES string of the molecule is O=C1c2ccccc2[C@@]2(c3ccccc3)O[C@]1(c1ccccc1)C(C13CC4CC(CC(C4)C1)C3)=P2. The summed E-state index contributed by atoms with van der Waals surface area (Å²) < 4.78 is 7.39. The van der Waals surface area contributed by atoms with Crippen LogP contribution >= 0.6 is 8.20 Å². The van der Waals surface area contributed by atoms with Gasteiger partial charge in [-0.1, -0.05) is 93.1 Å². The highest BCUT2D eigenvalue weighted by Gasteiger charge is 2.68. The Kier molecular flexibility index (Phi) is 4.14. The number of fused-ring (bicyclic) bond motifs is 4. The number of ketones is 1. The van der Waals surface area contributed by atoms with E-state index in [2.05, 4.69) is 66.7 Å². The van der Waals surface area contributed by atoms with Gasteiger partial charge >= 0.3 is 0 Å². The Morgan fingerprint density at radius 1 is 0.686 bits per heavy atom. The predicted octanol–water partition coefficient (Wildman–Crippen LogP) is 7.34. The first-order valence-corrected chi connectivity index (χ1v) is 14.1. The normalized spacial score (nSPS) is 38.8.